The van der Waals surface area contributed by atoms with Crippen LogP contribution in [0.5, 0.6) is 0 Å². The summed E-state index contributed by atoms with van der Waals surface area (Å²) in [4.78, 5) is 0. The minimum atomic E-state index is 0.142. The smallest absolute Gasteiger partial charge is 0.183 e. The predicted molar refractivity (Wildman–Crippen MR) is 80.8 cm³/mol. The topological polar surface area (TPSA) is 78.9 Å². The van der Waals surface area contributed by atoms with Gasteiger partial charge in [-0.2, -0.15) is 0 Å². The Kier molecular flexibility index (Phi) is 3.82. The lowest BCUT2D eigenvalue weighted by molar-refractivity contribution is 0.0138. The second-order valence-corrected chi connectivity index (χ2v) is 6.23. The number of nitrogens with zero attached hydrogens (tertiary/aromatic N) is 4. The number of nitrogen functional groups attached to an aromatic ring is 1. The number of nitrogens with two attached hydrogens (primary N) is 1. The van der Waals surface area contributed by atoms with Crippen molar-refractivity contribution in [2.24, 2.45) is 5.41 Å². The number of benzene rings is 1. The van der Waals surface area contributed by atoms with E-state index in [1.807, 2.05) is 10.7 Å². The van der Waals surface area contributed by atoms with E-state index in [2.05, 4.69) is 22.4 Å². The molecule has 0 aliphatic carbocycles. The van der Waals surface area contributed by atoms with E-state index in [0.29, 0.717) is 16.5 Å². The Labute approximate surface area is 128 Å². The average Bonchev–Trinajstić information content (AvgIpc) is 2.87. The van der Waals surface area contributed by atoms with Crippen LogP contribution in [-0.2, 0) is 11.3 Å². The molecule has 1 aromatic heterocycles. The largest absolute Gasteiger partial charge is 0.399 e. The van der Waals surface area contributed by atoms with Crippen molar-refractivity contribution < 1.29 is 4.74 Å². The molecule has 0 spiro atoms. The van der Waals surface area contributed by atoms with Crippen molar-refractivity contribution in [3.63, 3.8) is 0 Å². The third-order valence-electron chi connectivity index (χ3n) is 4.00. The first kappa shape index (κ1) is 14.3. The van der Waals surface area contributed by atoms with Crippen LogP contribution in [-0.4, -0.2) is 33.4 Å². The van der Waals surface area contributed by atoms with Crippen molar-refractivity contribution in [3.05, 3.63) is 23.2 Å². The summed E-state index contributed by atoms with van der Waals surface area (Å²) in [6.07, 6.45) is 2.00. The van der Waals surface area contributed by atoms with Gasteiger partial charge in [0, 0.05) is 24.5 Å². The molecule has 0 atom stereocenters. The van der Waals surface area contributed by atoms with Gasteiger partial charge in [0.15, 0.2) is 5.82 Å². The zero-order chi connectivity index (χ0) is 14.9. The quantitative estimate of drug-likeness (QED) is 0.881. The van der Waals surface area contributed by atoms with E-state index in [9.17, 15) is 0 Å². The van der Waals surface area contributed by atoms with Crippen molar-refractivity contribution in [1.82, 2.24) is 20.2 Å². The van der Waals surface area contributed by atoms with Gasteiger partial charge in [-0.25, -0.2) is 4.68 Å². The highest BCUT2D eigenvalue weighted by molar-refractivity contribution is 6.33. The van der Waals surface area contributed by atoms with E-state index < -0.39 is 0 Å². The number of halogens is 1. The fourth-order valence-corrected chi connectivity index (χ4v) is 2.87. The summed E-state index contributed by atoms with van der Waals surface area (Å²) >= 11 is 6.26. The molecule has 2 N–H and O–H groups in total. The highest BCUT2D eigenvalue weighted by Crippen LogP contribution is 2.34. The van der Waals surface area contributed by atoms with Gasteiger partial charge in [0.2, 0.25) is 0 Å². The first-order chi connectivity index (χ1) is 10.1. The van der Waals surface area contributed by atoms with Crippen LogP contribution in [0, 0.1) is 5.41 Å². The maximum Gasteiger partial charge on any atom is 0.183 e. The van der Waals surface area contributed by atoms with Gasteiger partial charge < -0.3 is 10.5 Å². The molecule has 2 aromatic rings. The molecule has 112 valence electrons. The number of rotatable bonds is 3. The monoisotopic (exact) mass is 307 g/mol. The molecule has 21 heavy (non-hydrogen) atoms. The molecule has 2 heterocycles. The highest BCUT2D eigenvalue weighted by atomic mass is 35.5. The Morgan fingerprint density at radius 2 is 2.14 bits per heavy atom. The van der Waals surface area contributed by atoms with Crippen molar-refractivity contribution in [1.29, 1.82) is 0 Å². The molecule has 1 aromatic carbocycles. The summed E-state index contributed by atoms with van der Waals surface area (Å²) < 4.78 is 7.26. The van der Waals surface area contributed by atoms with E-state index in [0.717, 1.165) is 38.2 Å². The van der Waals surface area contributed by atoms with Crippen LogP contribution in [0.2, 0.25) is 5.02 Å². The fourth-order valence-electron chi connectivity index (χ4n) is 2.60. The van der Waals surface area contributed by atoms with Crippen LogP contribution < -0.4 is 5.73 Å². The van der Waals surface area contributed by atoms with Crippen LogP contribution in [0.15, 0.2) is 18.2 Å². The van der Waals surface area contributed by atoms with Gasteiger partial charge in [-0.15, -0.1) is 5.10 Å². The van der Waals surface area contributed by atoms with Gasteiger partial charge >= 0.3 is 0 Å². The van der Waals surface area contributed by atoms with E-state index >= 15 is 0 Å². The van der Waals surface area contributed by atoms with Crippen LogP contribution in [0.25, 0.3) is 11.4 Å². The number of hydrogen-bond acceptors (Lipinski definition) is 5. The molecule has 0 bridgehead atoms. The SMILES string of the molecule is CC1(Cn2nnnc2-c2ccc(N)cc2Cl)CCOCC1. The lowest BCUT2D eigenvalue weighted by atomic mass is 9.82. The summed E-state index contributed by atoms with van der Waals surface area (Å²) in [5.41, 5.74) is 7.30. The van der Waals surface area contributed by atoms with Crippen LogP contribution in [0.3, 0.4) is 0 Å². The second kappa shape index (κ2) is 5.61. The molecule has 1 saturated heterocycles. The first-order valence-corrected chi connectivity index (χ1v) is 7.35. The molecule has 0 saturated carbocycles. The molecule has 7 heteroatoms. The molecule has 1 aliphatic rings. The Morgan fingerprint density at radius 3 is 2.86 bits per heavy atom. The van der Waals surface area contributed by atoms with E-state index in [-0.39, 0.29) is 5.41 Å². The minimum absolute atomic E-state index is 0.142. The summed E-state index contributed by atoms with van der Waals surface area (Å²) in [5.74, 6) is 0.674. The van der Waals surface area contributed by atoms with Gasteiger partial charge in [0.1, 0.15) is 0 Å². The minimum Gasteiger partial charge on any atom is -0.399 e. The fraction of sp³-hybridized carbons (Fsp3) is 0.500. The van der Waals surface area contributed by atoms with Gasteiger partial charge in [0.05, 0.1) is 11.6 Å². The zero-order valence-corrected chi connectivity index (χ0v) is 12.7. The summed E-state index contributed by atoms with van der Waals surface area (Å²) in [6.45, 7) is 4.57. The van der Waals surface area contributed by atoms with Crippen LogP contribution in [0.1, 0.15) is 19.8 Å². The molecule has 6 nitrogen and oxygen atoms in total. The van der Waals surface area contributed by atoms with Gasteiger partial charge in [0.25, 0.3) is 0 Å². The van der Waals surface area contributed by atoms with E-state index in [1.165, 1.54) is 0 Å². The Morgan fingerprint density at radius 1 is 1.38 bits per heavy atom. The lowest BCUT2D eigenvalue weighted by Gasteiger charge is -2.33. The van der Waals surface area contributed by atoms with Crippen molar-refractivity contribution in [3.8, 4) is 11.4 Å². The zero-order valence-electron chi connectivity index (χ0n) is 11.9. The Balaban J connectivity index is 1.90. The molecule has 1 aliphatic heterocycles. The van der Waals surface area contributed by atoms with Crippen LogP contribution >= 0.6 is 11.6 Å². The molecule has 0 amide bonds. The molecule has 1 fully saturated rings. The average molecular weight is 308 g/mol. The molecule has 3 rings (SSSR count). The molecular formula is C14H18ClN5O. The predicted octanol–water partition coefficient (Wildman–Crippen LogP) is 2.39. The Hall–Kier alpha value is -1.66. The van der Waals surface area contributed by atoms with Gasteiger partial charge in [-0.05, 0) is 46.9 Å². The maximum atomic E-state index is 6.26. The number of hydrogen-bond donors (Lipinski definition) is 1. The van der Waals surface area contributed by atoms with Crippen molar-refractivity contribution in [2.45, 2.75) is 26.3 Å². The normalized spacial score (nSPS) is 17.8. The summed E-state index contributed by atoms with van der Waals surface area (Å²) in [6, 6.07) is 5.37. The number of aromatic nitrogens is 4. The third kappa shape index (κ3) is 3.01. The standard InChI is InChI=1S/C14H18ClN5O/c1-14(4-6-21-7-5-14)9-20-13(17-18-19-20)11-3-2-10(16)8-12(11)15/h2-3,8H,4-7,9,16H2,1H3. The number of ether oxygens (including phenoxy) is 1. The third-order valence-corrected chi connectivity index (χ3v) is 4.31. The molecular weight excluding hydrogens is 290 g/mol. The van der Waals surface area contributed by atoms with Gasteiger partial charge in [-0.3, -0.25) is 0 Å². The van der Waals surface area contributed by atoms with Gasteiger partial charge in [-0.1, -0.05) is 18.5 Å². The van der Waals surface area contributed by atoms with E-state index in [1.54, 1.807) is 12.1 Å². The highest BCUT2D eigenvalue weighted by Gasteiger charge is 2.29. The lowest BCUT2D eigenvalue weighted by Crippen LogP contribution is -2.31. The molecule has 0 radical (unpaired) electrons. The Bertz CT molecular complexity index is 636. The van der Waals surface area contributed by atoms with E-state index in [4.69, 9.17) is 22.1 Å². The summed E-state index contributed by atoms with van der Waals surface area (Å²) in [7, 11) is 0. The van der Waals surface area contributed by atoms with Crippen LogP contribution in [0.4, 0.5) is 5.69 Å². The number of tetrazole rings is 1. The second-order valence-electron chi connectivity index (χ2n) is 5.82. The number of anilines is 1. The maximum absolute atomic E-state index is 6.26. The van der Waals surface area contributed by atoms with Crippen molar-refractivity contribution in [2.75, 3.05) is 18.9 Å². The first-order valence-electron chi connectivity index (χ1n) is 6.97. The van der Waals surface area contributed by atoms with Crippen molar-refractivity contribution >= 4 is 17.3 Å². The summed E-state index contributed by atoms with van der Waals surface area (Å²) in [5, 5.41) is 12.6. The molecule has 0 unspecified atom stereocenters.